The number of unbranched alkanes of at least 4 members (excludes halogenated alkanes) is 1. The number of aromatic nitrogens is 1. The first-order chi connectivity index (χ1) is 8.65. The van der Waals surface area contributed by atoms with Crippen LogP contribution in [0.5, 0.6) is 0 Å². The predicted octanol–water partition coefficient (Wildman–Crippen LogP) is 2.25. The van der Waals surface area contributed by atoms with E-state index < -0.39 is 5.97 Å². The maximum absolute atomic E-state index is 11.3. The predicted molar refractivity (Wildman–Crippen MR) is 69.4 cm³/mol. The van der Waals surface area contributed by atoms with Crippen molar-refractivity contribution in [1.82, 2.24) is 4.98 Å². The third-order valence-corrected chi connectivity index (χ3v) is 3.21. The number of carboxylic acids is 1. The van der Waals surface area contributed by atoms with Gasteiger partial charge in [0, 0.05) is 16.6 Å². The Morgan fingerprint density at radius 2 is 2.06 bits per heavy atom. The molecule has 0 atom stereocenters. The zero-order chi connectivity index (χ0) is 13.1. The molecule has 3 nitrogen and oxygen atoms in total. The molecule has 0 aliphatic carbocycles. The lowest BCUT2D eigenvalue weighted by molar-refractivity contribution is -0.254. The molecule has 18 heavy (non-hydrogen) atoms. The molecule has 0 saturated carbocycles. The summed E-state index contributed by atoms with van der Waals surface area (Å²) < 4.78 is 0. The molecule has 0 amide bonds. The zero-order valence-corrected chi connectivity index (χ0v) is 10.7. The minimum atomic E-state index is -1.12. The summed E-state index contributed by atoms with van der Waals surface area (Å²) in [5.41, 5.74) is 2.62. The lowest BCUT2D eigenvalue weighted by Gasteiger charge is -2.14. The molecule has 0 fully saturated rings. The Labute approximate surface area is 106 Å². The maximum atomic E-state index is 11.3. The van der Waals surface area contributed by atoms with E-state index in [1.165, 1.54) is 0 Å². The Balaban J connectivity index is 2.67. The highest BCUT2D eigenvalue weighted by molar-refractivity contribution is 6.03. The van der Waals surface area contributed by atoms with Crippen molar-refractivity contribution >= 4 is 16.9 Å². The smallest absolute Gasteiger partial charge is 0.0725 e. The lowest BCUT2D eigenvalue weighted by Crippen LogP contribution is -2.24. The Morgan fingerprint density at radius 1 is 1.33 bits per heavy atom. The maximum Gasteiger partial charge on any atom is 0.0725 e. The number of aromatic carboxylic acids is 1. The number of fused-ring (bicyclic) bond motifs is 1. The van der Waals surface area contributed by atoms with Crippen LogP contribution in [-0.2, 0) is 6.42 Å². The van der Waals surface area contributed by atoms with Crippen LogP contribution in [0.4, 0.5) is 0 Å². The molecule has 1 heterocycles. The van der Waals surface area contributed by atoms with Crippen LogP contribution in [0.25, 0.3) is 10.9 Å². The summed E-state index contributed by atoms with van der Waals surface area (Å²) in [4.78, 5) is 15.9. The van der Waals surface area contributed by atoms with Gasteiger partial charge < -0.3 is 9.90 Å². The fourth-order valence-electron chi connectivity index (χ4n) is 2.21. The topological polar surface area (TPSA) is 53.0 Å². The third-order valence-electron chi connectivity index (χ3n) is 3.21. The van der Waals surface area contributed by atoms with Crippen molar-refractivity contribution in [3.63, 3.8) is 0 Å². The molecule has 0 spiro atoms. The molecular formula is C15H16NO2-. The van der Waals surface area contributed by atoms with Crippen LogP contribution in [0.2, 0.25) is 0 Å². The van der Waals surface area contributed by atoms with Gasteiger partial charge in [0.2, 0.25) is 0 Å². The number of carbonyl (C=O) groups is 1. The quantitative estimate of drug-likeness (QED) is 0.826. The molecule has 0 aliphatic rings. The molecular weight excluding hydrogens is 226 g/mol. The molecule has 0 radical (unpaired) electrons. The lowest BCUT2D eigenvalue weighted by atomic mass is 9.99. The monoisotopic (exact) mass is 242 g/mol. The molecule has 1 aromatic carbocycles. The number of aryl methyl sites for hydroxylation is 1. The number of benzene rings is 1. The van der Waals surface area contributed by atoms with Crippen LogP contribution in [0, 0.1) is 6.92 Å². The van der Waals surface area contributed by atoms with Gasteiger partial charge in [0.15, 0.2) is 0 Å². The van der Waals surface area contributed by atoms with E-state index in [1.54, 1.807) is 6.07 Å². The Morgan fingerprint density at radius 3 is 2.72 bits per heavy atom. The van der Waals surface area contributed by atoms with Crippen LogP contribution in [0.15, 0.2) is 24.3 Å². The normalized spacial score (nSPS) is 10.8. The van der Waals surface area contributed by atoms with Crippen LogP contribution >= 0.6 is 0 Å². The molecule has 0 unspecified atom stereocenters. The van der Waals surface area contributed by atoms with Gasteiger partial charge in [0.05, 0.1) is 11.5 Å². The Bertz CT molecular complexity index is 590. The van der Waals surface area contributed by atoms with Gasteiger partial charge in [0.25, 0.3) is 0 Å². The largest absolute Gasteiger partial charge is 0.545 e. The standard InChI is InChI=1S/C15H17NO2/c1-3-4-8-12-10(2)14(15(17)18)11-7-5-6-9-13(11)16-12/h5-7,9H,3-4,8H2,1-2H3,(H,17,18)/p-1. The fraction of sp³-hybridized carbons (Fsp3) is 0.333. The number of para-hydroxylation sites is 1. The highest BCUT2D eigenvalue weighted by atomic mass is 16.4. The van der Waals surface area contributed by atoms with Crippen LogP contribution in [-0.4, -0.2) is 11.0 Å². The first-order valence-corrected chi connectivity index (χ1v) is 6.24. The number of pyridine rings is 1. The van der Waals surface area contributed by atoms with E-state index >= 15 is 0 Å². The van der Waals surface area contributed by atoms with E-state index in [1.807, 2.05) is 25.1 Å². The second-order valence-electron chi connectivity index (χ2n) is 4.47. The minimum absolute atomic E-state index is 0.284. The molecule has 94 valence electrons. The number of carboxylic acid groups (broad SMARTS) is 1. The average Bonchev–Trinajstić information content (AvgIpc) is 2.35. The van der Waals surface area contributed by atoms with Gasteiger partial charge in [-0.25, -0.2) is 0 Å². The summed E-state index contributed by atoms with van der Waals surface area (Å²) >= 11 is 0. The first-order valence-electron chi connectivity index (χ1n) is 6.24. The third kappa shape index (κ3) is 2.21. The second-order valence-corrected chi connectivity index (χ2v) is 4.47. The summed E-state index contributed by atoms with van der Waals surface area (Å²) in [7, 11) is 0. The van der Waals surface area contributed by atoms with Gasteiger partial charge in [-0.1, -0.05) is 31.5 Å². The van der Waals surface area contributed by atoms with Crippen LogP contribution in [0.3, 0.4) is 0 Å². The molecule has 3 heteroatoms. The molecule has 2 aromatic rings. The van der Waals surface area contributed by atoms with Gasteiger partial charge in [-0.3, -0.25) is 4.98 Å². The van der Waals surface area contributed by atoms with E-state index in [0.29, 0.717) is 5.39 Å². The van der Waals surface area contributed by atoms with E-state index in [2.05, 4.69) is 11.9 Å². The van der Waals surface area contributed by atoms with E-state index in [-0.39, 0.29) is 5.56 Å². The number of hydrogen-bond donors (Lipinski definition) is 0. The average molecular weight is 242 g/mol. The molecule has 2 rings (SSSR count). The summed E-state index contributed by atoms with van der Waals surface area (Å²) in [5, 5.41) is 12.0. The molecule has 0 aliphatic heterocycles. The SMILES string of the molecule is CCCCc1nc2ccccc2c(C(=O)[O-])c1C. The summed E-state index contributed by atoms with van der Waals surface area (Å²) in [6, 6.07) is 7.32. The Hall–Kier alpha value is -1.90. The van der Waals surface area contributed by atoms with Crippen molar-refractivity contribution in [1.29, 1.82) is 0 Å². The molecule has 1 aromatic heterocycles. The summed E-state index contributed by atoms with van der Waals surface area (Å²) in [6.07, 6.45) is 2.89. The zero-order valence-electron chi connectivity index (χ0n) is 10.7. The fourth-order valence-corrected chi connectivity index (χ4v) is 2.21. The summed E-state index contributed by atoms with van der Waals surface area (Å²) in [6.45, 7) is 3.92. The number of nitrogens with zero attached hydrogens (tertiary/aromatic N) is 1. The highest BCUT2D eigenvalue weighted by Crippen LogP contribution is 2.23. The van der Waals surface area contributed by atoms with Gasteiger partial charge >= 0.3 is 0 Å². The minimum Gasteiger partial charge on any atom is -0.545 e. The van der Waals surface area contributed by atoms with Crippen LogP contribution in [0.1, 0.15) is 41.4 Å². The van der Waals surface area contributed by atoms with Crippen molar-refractivity contribution in [3.8, 4) is 0 Å². The van der Waals surface area contributed by atoms with Crippen molar-refractivity contribution < 1.29 is 9.90 Å². The van der Waals surface area contributed by atoms with E-state index in [4.69, 9.17) is 0 Å². The number of rotatable bonds is 4. The second kappa shape index (κ2) is 5.17. The first kappa shape index (κ1) is 12.6. The van der Waals surface area contributed by atoms with Gasteiger partial charge in [-0.05, 0) is 31.4 Å². The van der Waals surface area contributed by atoms with Crippen molar-refractivity contribution in [3.05, 3.63) is 41.1 Å². The van der Waals surface area contributed by atoms with Gasteiger partial charge in [-0.2, -0.15) is 0 Å². The molecule has 0 saturated heterocycles. The number of hydrogen-bond acceptors (Lipinski definition) is 3. The number of carbonyl (C=O) groups excluding carboxylic acids is 1. The van der Waals surface area contributed by atoms with Gasteiger partial charge in [0.1, 0.15) is 0 Å². The molecule has 0 bridgehead atoms. The molecule has 0 N–H and O–H groups in total. The Kier molecular flexibility index (Phi) is 3.60. The van der Waals surface area contributed by atoms with E-state index in [0.717, 1.165) is 36.0 Å². The van der Waals surface area contributed by atoms with Gasteiger partial charge in [-0.15, -0.1) is 0 Å². The highest BCUT2D eigenvalue weighted by Gasteiger charge is 2.11. The van der Waals surface area contributed by atoms with E-state index in [9.17, 15) is 9.90 Å². The van der Waals surface area contributed by atoms with Crippen molar-refractivity contribution in [2.45, 2.75) is 33.1 Å². The summed E-state index contributed by atoms with van der Waals surface area (Å²) in [5.74, 6) is -1.12. The van der Waals surface area contributed by atoms with Crippen LogP contribution < -0.4 is 5.11 Å². The van der Waals surface area contributed by atoms with Crippen molar-refractivity contribution in [2.75, 3.05) is 0 Å². The van der Waals surface area contributed by atoms with Crippen molar-refractivity contribution in [2.24, 2.45) is 0 Å².